The Kier molecular flexibility index (Phi) is 18.7. The van der Waals surface area contributed by atoms with E-state index in [2.05, 4.69) is 39.2 Å². The highest BCUT2D eigenvalue weighted by Crippen LogP contribution is 2.37. The summed E-state index contributed by atoms with van der Waals surface area (Å²) in [5.74, 6) is -6.08. The number of carbonyl (C=O) groups is 6. The van der Waals surface area contributed by atoms with E-state index in [4.69, 9.17) is 10.5 Å². The van der Waals surface area contributed by atoms with Crippen LogP contribution in [0.15, 0.2) is 115 Å². The summed E-state index contributed by atoms with van der Waals surface area (Å²) >= 11 is 4.09. The van der Waals surface area contributed by atoms with Crippen molar-refractivity contribution in [2.24, 2.45) is 11.7 Å². The number of carboxylic acids is 1. The number of carbonyl (C=O) groups excluding carboxylic acids is 5. The van der Waals surface area contributed by atoms with Gasteiger partial charge in [0.25, 0.3) is 0 Å². The molecule has 4 aromatic carbocycles. The zero-order valence-electron chi connectivity index (χ0n) is 37.6. The number of amides is 5. The van der Waals surface area contributed by atoms with Crippen LogP contribution in [0.5, 0.6) is 5.75 Å². The fourth-order valence-electron chi connectivity index (χ4n) is 7.36. The Morgan fingerprint density at radius 1 is 0.662 bits per heavy atom. The van der Waals surface area contributed by atoms with Crippen LogP contribution in [0.4, 0.5) is 0 Å². The maximum Gasteiger partial charge on any atom is 0.327 e. The van der Waals surface area contributed by atoms with E-state index < -0.39 is 95.3 Å². The van der Waals surface area contributed by atoms with Crippen molar-refractivity contribution in [1.29, 1.82) is 0 Å². The highest BCUT2D eigenvalue weighted by atomic mass is 32.1. The molecular weight excluding hydrogens is 849 g/mol. The summed E-state index contributed by atoms with van der Waals surface area (Å²) in [6.45, 7) is 10.4. The van der Waals surface area contributed by atoms with Gasteiger partial charge in [0.1, 0.15) is 35.5 Å². The van der Waals surface area contributed by atoms with Crippen LogP contribution in [0.25, 0.3) is 0 Å². The SMILES string of the molecule is CC[C@H](C)[C@H](NC(=O)[C@@H](N)Cc1ccc(O)cc1)C(=O)N[C@H](C(=O)N[C@@H](CC(=O)NC(c1ccccc1)(c1ccccc1)c1ccccc1)C(=O)N[C@@H](CS)C(=O)O)[C@@H](C)OC(C)(C)C. The summed E-state index contributed by atoms with van der Waals surface area (Å²) in [5, 5.41) is 33.1. The van der Waals surface area contributed by atoms with Crippen molar-refractivity contribution in [3.8, 4) is 5.75 Å². The first-order valence-electron chi connectivity index (χ1n) is 21.5. The zero-order valence-corrected chi connectivity index (χ0v) is 38.5. The third kappa shape index (κ3) is 14.4. The van der Waals surface area contributed by atoms with E-state index in [0.29, 0.717) is 28.7 Å². The molecule has 0 saturated heterocycles. The molecule has 9 N–H and O–H groups in total. The molecule has 0 aliphatic rings. The van der Waals surface area contributed by atoms with Gasteiger partial charge in [-0.05, 0) is 74.4 Å². The third-order valence-corrected chi connectivity index (χ3v) is 11.2. The first-order valence-corrected chi connectivity index (χ1v) is 22.2. The van der Waals surface area contributed by atoms with Crippen LogP contribution in [0.2, 0.25) is 0 Å². The molecule has 4 rings (SSSR count). The Labute approximate surface area is 386 Å². The molecule has 15 nitrogen and oxygen atoms in total. The van der Waals surface area contributed by atoms with E-state index in [0.717, 1.165) is 0 Å². The largest absolute Gasteiger partial charge is 0.508 e. The summed E-state index contributed by atoms with van der Waals surface area (Å²) in [7, 11) is 0. The van der Waals surface area contributed by atoms with E-state index >= 15 is 0 Å². The Hall–Kier alpha value is -6.23. The zero-order chi connectivity index (χ0) is 47.9. The fourth-order valence-corrected chi connectivity index (χ4v) is 7.61. The quantitative estimate of drug-likeness (QED) is 0.0407. The van der Waals surface area contributed by atoms with E-state index in [9.17, 15) is 39.0 Å². The van der Waals surface area contributed by atoms with Crippen LogP contribution >= 0.6 is 12.6 Å². The van der Waals surface area contributed by atoms with Crippen LogP contribution in [0, 0.1) is 5.92 Å². The van der Waals surface area contributed by atoms with Crippen molar-refractivity contribution in [2.75, 3.05) is 5.75 Å². The average Bonchev–Trinajstić information content (AvgIpc) is 3.28. The molecule has 4 aromatic rings. The smallest absolute Gasteiger partial charge is 0.327 e. The van der Waals surface area contributed by atoms with Gasteiger partial charge < -0.3 is 47.3 Å². The van der Waals surface area contributed by atoms with Crippen LogP contribution in [-0.2, 0) is 45.5 Å². The van der Waals surface area contributed by atoms with Gasteiger partial charge in [-0.25, -0.2) is 4.79 Å². The lowest BCUT2D eigenvalue weighted by atomic mass is 9.77. The molecule has 7 atom stereocenters. The number of carboxylic acid groups (broad SMARTS) is 1. The molecule has 0 radical (unpaired) electrons. The minimum atomic E-state index is -1.69. The Balaban J connectivity index is 1.70. The molecular formula is C49H62N6O9S. The number of benzene rings is 4. The molecule has 0 spiro atoms. The van der Waals surface area contributed by atoms with Crippen molar-refractivity contribution >= 4 is 48.1 Å². The van der Waals surface area contributed by atoms with Crippen LogP contribution in [-0.4, -0.2) is 93.4 Å². The number of phenols is 1. The minimum Gasteiger partial charge on any atom is -0.508 e. The number of rotatable bonds is 22. The number of phenolic OH excluding ortho intramolecular Hbond substituents is 1. The normalized spacial score (nSPS) is 14.8. The molecule has 0 aliphatic carbocycles. The number of hydrogen-bond acceptors (Lipinski definition) is 10. The first kappa shape index (κ1) is 51.4. The Morgan fingerprint density at radius 3 is 1.57 bits per heavy atom. The van der Waals surface area contributed by atoms with Crippen LogP contribution in [0.3, 0.4) is 0 Å². The van der Waals surface area contributed by atoms with Gasteiger partial charge in [-0.3, -0.25) is 24.0 Å². The average molecular weight is 911 g/mol. The topological polar surface area (TPSA) is 238 Å². The molecule has 0 saturated carbocycles. The minimum absolute atomic E-state index is 0.0528. The molecule has 5 amide bonds. The maximum absolute atomic E-state index is 14.6. The lowest BCUT2D eigenvalue weighted by molar-refractivity contribution is -0.143. The van der Waals surface area contributed by atoms with E-state index in [1.807, 2.05) is 97.9 Å². The van der Waals surface area contributed by atoms with Gasteiger partial charge in [0.2, 0.25) is 29.5 Å². The molecule has 0 aromatic heterocycles. The third-order valence-electron chi connectivity index (χ3n) is 10.9. The van der Waals surface area contributed by atoms with Crippen molar-refractivity contribution in [2.45, 2.75) is 108 Å². The lowest BCUT2D eigenvalue weighted by Crippen LogP contribution is -2.63. The predicted molar refractivity (Wildman–Crippen MR) is 251 cm³/mol. The highest BCUT2D eigenvalue weighted by molar-refractivity contribution is 7.80. The van der Waals surface area contributed by atoms with Gasteiger partial charge in [0.15, 0.2) is 0 Å². The number of aromatic hydroxyl groups is 1. The number of aliphatic carboxylic acids is 1. The van der Waals surface area contributed by atoms with Gasteiger partial charge in [-0.2, -0.15) is 12.6 Å². The van der Waals surface area contributed by atoms with Gasteiger partial charge in [-0.1, -0.05) is 123 Å². The Morgan fingerprint density at radius 2 is 1.12 bits per heavy atom. The summed E-state index contributed by atoms with van der Waals surface area (Å²) in [4.78, 5) is 83.0. The van der Waals surface area contributed by atoms with Crippen LogP contribution < -0.4 is 32.3 Å². The molecule has 348 valence electrons. The number of ether oxygens (including phenoxy) is 1. The summed E-state index contributed by atoms with van der Waals surface area (Å²) in [6, 6.07) is 27.0. The standard InChI is InChI=1S/C49H62N6O9S/c1-7-30(2)41(53-43(58)37(50)27-32-23-25-36(56)26-24-32)45(60)54-42(31(3)64-48(4,5)6)46(61)51-38(44(59)52-39(29-65)47(62)63)28-40(57)55-49(33-17-11-8-12-18-33,34-19-13-9-14-20-34)35-21-15-10-16-22-35/h8-26,30-31,37-39,41-42,56,65H,7,27-29,50H2,1-6H3,(H,51,61)(H,52,59)(H,53,58)(H,54,60)(H,55,57)(H,62,63)/t30-,31+,37-,38-,39-,41-,42-/m0/s1. The molecule has 0 fully saturated rings. The van der Waals surface area contributed by atoms with E-state index in [1.54, 1.807) is 46.8 Å². The van der Waals surface area contributed by atoms with E-state index in [-0.39, 0.29) is 17.9 Å². The molecule has 0 unspecified atom stereocenters. The second kappa shape index (κ2) is 23.6. The van der Waals surface area contributed by atoms with Gasteiger partial charge in [0.05, 0.1) is 24.2 Å². The van der Waals surface area contributed by atoms with Crippen molar-refractivity contribution in [3.05, 3.63) is 138 Å². The summed E-state index contributed by atoms with van der Waals surface area (Å²) in [6.07, 6.45) is -1.17. The number of thiol groups is 1. The molecule has 0 heterocycles. The monoisotopic (exact) mass is 910 g/mol. The second-order valence-electron chi connectivity index (χ2n) is 17.0. The van der Waals surface area contributed by atoms with Crippen molar-refractivity contribution in [3.63, 3.8) is 0 Å². The molecule has 16 heteroatoms. The fraction of sp³-hybridized carbons (Fsp3) is 0.388. The molecule has 0 aliphatic heterocycles. The highest BCUT2D eigenvalue weighted by Gasteiger charge is 2.41. The summed E-state index contributed by atoms with van der Waals surface area (Å²) < 4.78 is 6.16. The molecule has 0 bridgehead atoms. The predicted octanol–water partition coefficient (Wildman–Crippen LogP) is 3.96. The van der Waals surface area contributed by atoms with E-state index in [1.165, 1.54) is 12.1 Å². The van der Waals surface area contributed by atoms with Gasteiger partial charge in [-0.15, -0.1) is 0 Å². The number of nitrogens with one attached hydrogen (secondary N) is 5. The second-order valence-corrected chi connectivity index (χ2v) is 17.4. The maximum atomic E-state index is 14.6. The van der Waals surface area contributed by atoms with Gasteiger partial charge in [0, 0.05) is 5.75 Å². The number of hydrogen-bond donors (Lipinski definition) is 9. The molecule has 65 heavy (non-hydrogen) atoms. The Bertz CT molecular complexity index is 2110. The first-order chi connectivity index (χ1) is 30.8. The lowest BCUT2D eigenvalue weighted by Gasteiger charge is -2.37. The van der Waals surface area contributed by atoms with Crippen molar-refractivity contribution < 1.29 is 43.7 Å². The van der Waals surface area contributed by atoms with Gasteiger partial charge >= 0.3 is 5.97 Å². The number of nitrogens with two attached hydrogens (primary N) is 1. The van der Waals surface area contributed by atoms with Crippen molar-refractivity contribution in [1.82, 2.24) is 26.6 Å². The summed E-state index contributed by atoms with van der Waals surface area (Å²) in [5.41, 5.74) is 6.89. The van der Waals surface area contributed by atoms with Crippen LogP contribution in [0.1, 0.15) is 76.6 Å².